The van der Waals surface area contributed by atoms with Crippen LogP contribution in [0.1, 0.15) is 32.4 Å². The zero-order chi connectivity index (χ0) is 15.7. The number of nitrogens with zero attached hydrogens (tertiary/aromatic N) is 3. The van der Waals surface area contributed by atoms with Crippen molar-refractivity contribution in [3.63, 3.8) is 0 Å². The summed E-state index contributed by atoms with van der Waals surface area (Å²) in [6.45, 7) is 7.60. The molecule has 1 aromatic rings. The molecule has 2 aliphatic rings. The van der Waals surface area contributed by atoms with Crippen molar-refractivity contribution >= 4 is 11.7 Å². The van der Waals surface area contributed by atoms with Gasteiger partial charge in [-0.2, -0.15) is 5.10 Å². The van der Waals surface area contributed by atoms with Gasteiger partial charge >= 0.3 is 0 Å². The van der Waals surface area contributed by atoms with Crippen LogP contribution < -0.4 is 10.2 Å². The van der Waals surface area contributed by atoms with Crippen LogP contribution in [0.25, 0.3) is 0 Å². The average Bonchev–Trinajstić information content (AvgIpc) is 2.90. The Kier molecular flexibility index (Phi) is 4.29. The van der Waals surface area contributed by atoms with Gasteiger partial charge in [0.05, 0.1) is 11.8 Å². The zero-order valence-corrected chi connectivity index (χ0v) is 13.5. The molecule has 120 valence electrons. The fourth-order valence-corrected chi connectivity index (χ4v) is 3.25. The van der Waals surface area contributed by atoms with Crippen molar-refractivity contribution in [3.8, 4) is 0 Å². The monoisotopic (exact) mass is 304 g/mol. The number of nitrogens with one attached hydrogen (secondary N) is 1. The second kappa shape index (κ2) is 6.20. The van der Waals surface area contributed by atoms with Gasteiger partial charge in [-0.15, -0.1) is 5.10 Å². The molecular formula is C16H24N4O2. The molecule has 2 fully saturated rings. The number of piperidine rings is 1. The van der Waals surface area contributed by atoms with E-state index in [1.807, 2.05) is 32.9 Å². The third-order valence-corrected chi connectivity index (χ3v) is 4.38. The van der Waals surface area contributed by atoms with Crippen LogP contribution >= 0.6 is 0 Å². The number of ether oxygens (including phenoxy) is 1. The molecule has 3 heterocycles. The molecule has 3 atom stereocenters. The van der Waals surface area contributed by atoms with E-state index in [0.717, 1.165) is 37.4 Å². The van der Waals surface area contributed by atoms with Gasteiger partial charge in [0.1, 0.15) is 6.10 Å². The lowest BCUT2D eigenvalue weighted by atomic mass is 9.91. The van der Waals surface area contributed by atoms with E-state index >= 15 is 0 Å². The normalized spacial score (nSPS) is 27.8. The summed E-state index contributed by atoms with van der Waals surface area (Å²) in [5.74, 6) is 1.38. The zero-order valence-electron chi connectivity index (χ0n) is 13.5. The largest absolute Gasteiger partial charge is 0.363 e. The Morgan fingerprint density at radius 2 is 2.23 bits per heavy atom. The van der Waals surface area contributed by atoms with Crippen molar-refractivity contribution in [2.24, 2.45) is 5.92 Å². The number of rotatable bonds is 3. The van der Waals surface area contributed by atoms with Crippen LogP contribution in [-0.4, -0.2) is 47.4 Å². The van der Waals surface area contributed by atoms with Gasteiger partial charge in [0.2, 0.25) is 5.91 Å². The molecule has 0 unspecified atom stereocenters. The van der Waals surface area contributed by atoms with E-state index < -0.39 is 0 Å². The molecule has 0 radical (unpaired) electrons. The molecule has 1 amide bonds. The van der Waals surface area contributed by atoms with Crippen LogP contribution in [0.15, 0.2) is 12.1 Å². The van der Waals surface area contributed by atoms with Crippen LogP contribution in [0.3, 0.4) is 0 Å². The Balaban J connectivity index is 1.62. The van der Waals surface area contributed by atoms with E-state index in [1.54, 1.807) is 0 Å². The summed E-state index contributed by atoms with van der Waals surface area (Å²) in [6, 6.07) is 4.13. The minimum atomic E-state index is -0.304. The molecular weight excluding hydrogens is 280 g/mol. The molecule has 0 saturated carbocycles. The summed E-state index contributed by atoms with van der Waals surface area (Å²) < 4.78 is 6.00. The number of anilines is 1. The number of fused-ring (bicyclic) bond motifs is 1. The van der Waals surface area contributed by atoms with Gasteiger partial charge in [-0.25, -0.2) is 0 Å². The van der Waals surface area contributed by atoms with Gasteiger partial charge < -0.3 is 15.0 Å². The van der Waals surface area contributed by atoms with E-state index in [9.17, 15) is 4.79 Å². The standard InChI is InChI=1S/C16H24N4O2/c1-10(2)17-16(21)13-8-12-6-7-20(9-14(12)22-13)15-5-4-11(3)18-19-15/h4-5,10,12-14H,6-9H2,1-3H3,(H,17,21)/t12-,13+,14-/m0/s1. The Morgan fingerprint density at radius 3 is 2.91 bits per heavy atom. The van der Waals surface area contributed by atoms with Crippen molar-refractivity contribution < 1.29 is 9.53 Å². The quantitative estimate of drug-likeness (QED) is 0.911. The van der Waals surface area contributed by atoms with Gasteiger partial charge in [0.25, 0.3) is 0 Å². The van der Waals surface area contributed by atoms with Gasteiger partial charge in [-0.05, 0) is 51.7 Å². The fourth-order valence-electron chi connectivity index (χ4n) is 3.25. The highest BCUT2D eigenvalue weighted by atomic mass is 16.5. The second-order valence-electron chi connectivity index (χ2n) is 6.59. The molecule has 0 aromatic carbocycles. The Hall–Kier alpha value is -1.69. The molecule has 2 saturated heterocycles. The van der Waals surface area contributed by atoms with Crippen LogP contribution in [0.4, 0.5) is 5.82 Å². The molecule has 2 aliphatic heterocycles. The number of aryl methyl sites for hydroxylation is 1. The highest BCUT2D eigenvalue weighted by Gasteiger charge is 2.42. The van der Waals surface area contributed by atoms with E-state index in [-0.39, 0.29) is 24.2 Å². The summed E-state index contributed by atoms with van der Waals surface area (Å²) in [5.41, 5.74) is 0.918. The Labute approximate surface area is 131 Å². The van der Waals surface area contributed by atoms with Gasteiger partial charge in [0, 0.05) is 19.1 Å². The molecule has 6 heteroatoms. The molecule has 3 rings (SSSR count). The maximum Gasteiger partial charge on any atom is 0.249 e. The summed E-state index contributed by atoms with van der Waals surface area (Å²) in [4.78, 5) is 14.3. The van der Waals surface area contributed by atoms with Crippen molar-refractivity contribution in [2.45, 2.75) is 51.9 Å². The van der Waals surface area contributed by atoms with Crippen molar-refractivity contribution in [2.75, 3.05) is 18.0 Å². The second-order valence-corrected chi connectivity index (χ2v) is 6.59. The first-order valence-corrected chi connectivity index (χ1v) is 8.04. The summed E-state index contributed by atoms with van der Waals surface area (Å²) >= 11 is 0. The molecule has 1 aromatic heterocycles. The topological polar surface area (TPSA) is 67.4 Å². The van der Waals surface area contributed by atoms with E-state index in [4.69, 9.17) is 4.74 Å². The van der Waals surface area contributed by atoms with Crippen molar-refractivity contribution in [1.29, 1.82) is 0 Å². The molecule has 0 aliphatic carbocycles. The summed E-state index contributed by atoms with van der Waals surface area (Å²) in [6.07, 6.45) is 1.67. The Bertz CT molecular complexity index is 531. The number of carbonyl (C=O) groups is 1. The van der Waals surface area contributed by atoms with E-state index in [2.05, 4.69) is 20.4 Å². The van der Waals surface area contributed by atoms with Crippen molar-refractivity contribution in [1.82, 2.24) is 15.5 Å². The third-order valence-electron chi connectivity index (χ3n) is 4.38. The smallest absolute Gasteiger partial charge is 0.249 e. The Morgan fingerprint density at radius 1 is 1.41 bits per heavy atom. The van der Waals surface area contributed by atoms with Gasteiger partial charge in [0.15, 0.2) is 5.82 Å². The number of aromatic nitrogens is 2. The lowest BCUT2D eigenvalue weighted by Gasteiger charge is -2.34. The molecule has 6 nitrogen and oxygen atoms in total. The third kappa shape index (κ3) is 3.21. The summed E-state index contributed by atoms with van der Waals surface area (Å²) in [5, 5.41) is 11.3. The predicted octanol–water partition coefficient (Wildman–Crippen LogP) is 1.29. The predicted molar refractivity (Wildman–Crippen MR) is 83.6 cm³/mol. The molecule has 1 N–H and O–H groups in total. The van der Waals surface area contributed by atoms with E-state index in [1.165, 1.54) is 0 Å². The first kappa shape index (κ1) is 15.2. The number of hydrogen-bond acceptors (Lipinski definition) is 5. The van der Waals surface area contributed by atoms with Crippen LogP contribution in [0.5, 0.6) is 0 Å². The number of carbonyl (C=O) groups excluding carboxylic acids is 1. The lowest BCUT2D eigenvalue weighted by molar-refractivity contribution is -0.132. The average molecular weight is 304 g/mol. The van der Waals surface area contributed by atoms with Gasteiger partial charge in [-0.3, -0.25) is 4.79 Å². The highest BCUT2D eigenvalue weighted by molar-refractivity contribution is 5.81. The maximum absolute atomic E-state index is 12.1. The molecule has 22 heavy (non-hydrogen) atoms. The van der Waals surface area contributed by atoms with E-state index in [0.29, 0.717) is 5.92 Å². The minimum Gasteiger partial charge on any atom is -0.363 e. The number of amides is 1. The van der Waals surface area contributed by atoms with Crippen molar-refractivity contribution in [3.05, 3.63) is 17.8 Å². The number of hydrogen-bond donors (Lipinski definition) is 1. The summed E-state index contributed by atoms with van der Waals surface area (Å²) in [7, 11) is 0. The van der Waals surface area contributed by atoms with Crippen LogP contribution in [-0.2, 0) is 9.53 Å². The lowest BCUT2D eigenvalue weighted by Crippen LogP contribution is -2.43. The van der Waals surface area contributed by atoms with Gasteiger partial charge in [-0.1, -0.05) is 0 Å². The fraction of sp³-hybridized carbons (Fsp3) is 0.688. The minimum absolute atomic E-state index is 0.0195. The van der Waals surface area contributed by atoms with Crippen LogP contribution in [0.2, 0.25) is 0 Å². The maximum atomic E-state index is 12.1. The first-order chi connectivity index (χ1) is 10.5. The molecule has 0 bridgehead atoms. The molecule has 0 spiro atoms. The van der Waals surface area contributed by atoms with Crippen LogP contribution in [0, 0.1) is 12.8 Å². The SMILES string of the molecule is Cc1ccc(N2CC[C@H]3C[C@H](C(=O)NC(C)C)O[C@H]3C2)nn1. The first-order valence-electron chi connectivity index (χ1n) is 8.04. The highest BCUT2D eigenvalue weighted by Crippen LogP contribution is 2.34.